The van der Waals surface area contributed by atoms with E-state index < -0.39 is 17.9 Å². The van der Waals surface area contributed by atoms with Gasteiger partial charge in [0.05, 0.1) is 12.7 Å². The highest BCUT2D eigenvalue weighted by molar-refractivity contribution is 5.98. The first kappa shape index (κ1) is 18.3. The third-order valence-electron chi connectivity index (χ3n) is 4.14. The first-order valence-electron chi connectivity index (χ1n) is 8.21. The molecule has 0 saturated carbocycles. The van der Waals surface area contributed by atoms with E-state index in [1.54, 1.807) is 47.3 Å². The van der Waals surface area contributed by atoms with Gasteiger partial charge in [-0.1, -0.05) is 18.2 Å². The number of hydrogen-bond acceptors (Lipinski definition) is 4. The number of esters is 1. The van der Waals surface area contributed by atoms with E-state index in [0.29, 0.717) is 17.0 Å². The molecule has 1 atom stereocenters. The van der Waals surface area contributed by atoms with Crippen LogP contribution in [0.1, 0.15) is 38.1 Å². The lowest BCUT2D eigenvalue weighted by Crippen LogP contribution is -2.31. The van der Waals surface area contributed by atoms with Crippen molar-refractivity contribution in [1.29, 1.82) is 0 Å². The van der Waals surface area contributed by atoms with Gasteiger partial charge in [-0.2, -0.15) is 0 Å². The van der Waals surface area contributed by atoms with E-state index in [1.165, 1.54) is 25.3 Å². The van der Waals surface area contributed by atoms with Crippen LogP contribution in [-0.2, 0) is 11.8 Å². The summed E-state index contributed by atoms with van der Waals surface area (Å²) in [5, 5.41) is 2.90. The molecule has 0 fully saturated rings. The molecule has 1 unspecified atom stereocenters. The summed E-state index contributed by atoms with van der Waals surface area (Å²) in [6, 6.07) is 11.5. The van der Waals surface area contributed by atoms with E-state index in [0.717, 1.165) is 0 Å². The predicted molar refractivity (Wildman–Crippen MR) is 96.7 cm³/mol. The number of aromatic nitrogens is 2. The van der Waals surface area contributed by atoms with Gasteiger partial charge in [-0.15, -0.1) is 0 Å². The van der Waals surface area contributed by atoms with Crippen molar-refractivity contribution in [2.24, 2.45) is 7.05 Å². The number of methoxy groups -OCH3 is 1. The lowest BCUT2D eigenvalue weighted by atomic mass is 10.0. The summed E-state index contributed by atoms with van der Waals surface area (Å²) in [4.78, 5) is 28.8. The second kappa shape index (κ2) is 7.82. The number of ether oxygens (including phenoxy) is 1. The number of carbonyl (C=O) groups is 2. The van der Waals surface area contributed by atoms with Gasteiger partial charge in [0.1, 0.15) is 17.7 Å². The summed E-state index contributed by atoms with van der Waals surface area (Å²) < 4.78 is 19.8. The van der Waals surface area contributed by atoms with Crippen molar-refractivity contribution in [2.45, 2.75) is 6.04 Å². The number of nitrogens with one attached hydrogen (secondary N) is 1. The zero-order valence-electron chi connectivity index (χ0n) is 14.8. The lowest BCUT2D eigenvalue weighted by molar-refractivity contribution is 0.0600. The molecule has 1 amide bonds. The Bertz CT molecular complexity index is 967. The van der Waals surface area contributed by atoms with Gasteiger partial charge in [0, 0.05) is 25.0 Å². The van der Waals surface area contributed by atoms with Gasteiger partial charge >= 0.3 is 5.97 Å². The lowest BCUT2D eigenvalue weighted by Gasteiger charge is -2.19. The zero-order valence-corrected chi connectivity index (χ0v) is 14.8. The van der Waals surface area contributed by atoms with Crippen molar-refractivity contribution in [3.05, 3.63) is 89.3 Å². The van der Waals surface area contributed by atoms with Gasteiger partial charge in [0.2, 0.25) is 0 Å². The summed E-state index contributed by atoms with van der Waals surface area (Å²) >= 11 is 0. The Balaban J connectivity index is 1.93. The molecule has 1 aromatic heterocycles. The van der Waals surface area contributed by atoms with Crippen LogP contribution in [0.4, 0.5) is 4.39 Å². The number of aryl methyl sites for hydroxylation is 1. The monoisotopic (exact) mass is 367 g/mol. The van der Waals surface area contributed by atoms with E-state index in [9.17, 15) is 14.0 Å². The molecule has 1 N–H and O–H groups in total. The third kappa shape index (κ3) is 4.03. The Kier molecular flexibility index (Phi) is 5.30. The average Bonchev–Trinajstić information content (AvgIpc) is 3.11. The van der Waals surface area contributed by atoms with Crippen LogP contribution >= 0.6 is 0 Å². The van der Waals surface area contributed by atoms with Crippen LogP contribution in [0.3, 0.4) is 0 Å². The third-order valence-corrected chi connectivity index (χ3v) is 4.14. The highest BCUT2D eigenvalue weighted by Crippen LogP contribution is 2.21. The van der Waals surface area contributed by atoms with Gasteiger partial charge < -0.3 is 14.6 Å². The highest BCUT2D eigenvalue weighted by atomic mass is 19.1. The maximum absolute atomic E-state index is 13.3. The Morgan fingerprint density at radius 3 is 2.48 bits per heavy atom. The summed E-state index contributed by atoms with van der Waals surface area (Å²) in [6.07, 6.45) is 3.38. The second-order valence-corrected chi connectivity index (χ2v) is 5.93. The van der Waals surface area contributed by atoms with E-state index in [1.807, 2.05) is 7.05 Å². The minimum atomic E-state index is -0.583. The second-order valence-electron chi connectivity index (χ2n) is 5.93. The minimum absolute atomic E-state index is 0.278. The minimum Gasteiger partial charge on any atom is -0.465 e. The quantitative estimate of drug-likeness (QED) is 0.704. The number of carbonyl (C=O) groups excluding carboxylic acids is 2. The normalized spacial score (nSPS) is 11.7. The van der Waals surface area contributed by atoms with Gasteiger partial charge in [0.15, 0.2) is 0 Å². The molecule has 0 bridgehead atoms. The van der Waals surface area contributed by atoms with E-state index in [4.69, 9.17) is 0 Å². The van der Waals surface area contributed by atoms with Gasteiger partial charge in [-0.05, 0) is 35.9 Å². The number of rotatable bonds is 5. The average molecular weight is 367 g/mol. The summed E-state index contributed by atoms with van der Waals surface area (Å²) in [5.41, 5.74) is 1.27. The number of benzene rings is 2. The maximum atomic E-state index is 13.3. The summed E-state index contributed by atoms with van der Waals surface area (Å²) in [7, 11) is 3.09. The van der Waals surface area contributed by atoms with Crippen LogP contribution in [0.5, 0.6) is 0 Å². The van der Waals surface area contributed by atoms with Crippen molar-refractivity contribution >= 4 is 11.9 Å². The van der Waals surface area contributed by atoms with Crippen LogP contribution < -0.4 is 5.32 Å². The van der Waals surface area contributed by atoms with Crippen LogP contribution in [-0.4, -0.2) is 28.5 Å². The molecular formula is C20H18FN3O3. The summed E-state index contributed by atoms with van der Waals surface area (Å²) in [6.45, 7) is 0. The molecular weight excluding hydrogens is 349 g/mol. The first-order valence-corrected chi connectivity index (χ1v) is 8.21. The van der Waals surface area contributed by atoms with E-state index in [2.05, 4.69) is 15.0 Å². The fourth-order valence-electron chi connectivity index (χ4n) is 2.73. The molecule has 7 heteroatoms. The van der Waals surface area contributed by atoms with Crippen molar-refractivity contribution in [2.75, 3.05) is 7.11 Å². The number of nitrogens with zero attached hydrogens (tertiary/aromatic N) is 2. The molecule has 2 aromatic carbocycles. The topological polar surface area (TPSA) is 73.2 Å². The Labute approximate surface area is 155 Å². The molecule has 27 heavy (non-hydrogen) atoms. The summed E-state index contributed by atoms with van der Waals surface area (Å²) in [5.74, 6) is -0.685. The Morgan fingerprint density at radius 1 is 1.15 bits per heavy atom. The Hall–Kier alpha value is -3.48. The van der Waals surface area contributed by atoms with Crippen molar-refractivity contribution in [3.63, 3.8) is 0 Å². The Morgan fingerprint density at radius 2 is 1.85 bits per heavy atom. The molecule has 0 spiro atoms. The number of halogens is 1. The molecule has 0 aliphatic carbocycles. The van der Waals surface area contributed by atoms with Gasteiger partial charge in [-0.3, -0.25) is 4.79 Å². The fourth-order valence-corrected chi connectivity index (χ4v) is 2.73. The van der Waals surface area contributed by atoms with Crippen LogP contribution in [0, 0.1) is 5.82 Å². The molecule has 1 heterocycles. The molecule has 0 aliphatic rings. The number of amides is 1. The van der Waals surface area contributed by atoms with Gasteiger partial charge in [-0.25, -0.2) is 14.2 Å². The van der Waals surface area contributed by atoms with Crippen molar-refractivity contribution < 1.29 is 18.7 Å². The fraction of sp³-hybridized carbons (Fsp3) is 0.150. The van der Waals surface area contributed by atoms with E-state index in [-0.39, 0.29) is 11.4 Å². The largest absolute Gasteiger partial charge is 0.465 e. The zero-order chi connectivity index (χ0) is 19.4. The molecule has 0 radical (unpaired) electrons. The molecule has 138 valence electrons. The SMILES string of the molecule is COC(=O)c1cccc(C(=O)NC(c2ccc(F)cc2)c2nccn2C)c1. The predicted octanol–water partition coefficient (Wildman–Crippen LogP) is 2.87. The maximum Gasteiger partial charge on any atom is 0.337 e. The smallest absolute Gasteiger partial charge is 0.337 e. The molecule has 0 aliphatic heterocycles. The molecule has 3 rings (SSSR count). The standard InChI is InChI=1S/C20H18FN3O3/c1-24-11-10-22-18(24)17(13-6-8-16(21)9-7-13)23-19(25)14-4-3-5-15(12-14)20(26)27-2/h3-12,17H,1-2H3,(H,23,25). The van der Waals surface area contributed by atoms with Crippen molar-refractivity contribution in [1.82, 2.24) is 14.9 Å². The molecule has 6 nitrogen and oxygen atoms in total. The first-order chi connectivity index (χ1) is 13.0. The number of imidazole rings is 1. The van der Waals surface area contributed by atoms with Gasteiger partial charge in [0.25, 0.3) is 5.91 Å². The highest BCUT2D eigenvalue weighted by Gasteiger charge is 2.22. The molecule has 3 aromatic rings. The van der Waals surface area contributed by atoms with Crippen LogP contribution in [0.15, 0.2) is 60.9 Å². The number of hydrogen-bond donors (Lipinski definition) is 1. The van der Waals surface area contributed by atoms with Crippen LogP contribution in [0.2, 0.25) is 0 Å². The molecule has 0 saturated heterocycles. The van der Waals surface area contributed by atoms with Crippen LogP contribution in [0.25, 0.3) is 0 Å². The van der Waals surface area contributed by atoms with Crippen molar-refractivity contribution in [3.8, 4) is 0 Å². The van der Waals surface area contributed by atoms with E-state index >= 15 is 0 Å².